The quantitative estimate of drug-likeness (QED) is 0.769. The van der Waals surface area contributed by atoms with Gasteiger partial charge in [-0.25, -0.2) is 0 Å². The molecule has 0 saturated carbocycles. The third-order valence-electron chi connectivity index (χ3n) is 3.67. The number of carbonyl (C=O) groups is 1. The summed E-state index contributed by atoms with van der Waals surface area (Å²) in [5.41, 5.74) is 7.24. The van der Waals surface area contributed by atoms with Gasteiger partial charge in [0.1, 0.15) is 0 Å². The Hall–Kier alpha value is -1.59. The molecule has 20 heavy (non-hydrogen) atoms. The van der Waals surface area contributed by atoms with Crippen molar-refractivity contribution < 1.29 is 14.6 Å². The van der Waals surface area contributed by atoms with Crippen LogP contribution < -0.4 is 10.6 Å². The molecule has 1 heterocycles. The Balaban J connectivity index is 2.13. The van der Waals surface area contributed by atoms with E-state index in [2.05, 4.69) is 11.0 Å². The average Bonchev–Trinajstić information content (AvgIpc) is 2.37. The minimum Gasteiger partial charge on any atom is -0.396 e. The second-order valence-corrected chi connectivity index (χ2v) is 5.63. The van der Waals surface area contributed by atoms with Crippen molar-refractivity contribution >= 4 is 11.6 Å². The number of hydrogen-bond donors (Lipinski definition) is 2. The summed E-state index contributed by atoms with van der Waals surface area (Å²) in [6.45, 7) is 4.46. The Labute approximate surface area is 119 Å². The van der Waals surface area contributed by atoms with Crippen molar-refractivity contribution in [2.45, 2.75) is 13.3 Å². The molecule has 0 radical (unpaired) electrons. The summed E-state index contributed by atoms with van der Waals surface area (Å²) in [5, 5.41) is 9.57. The van der Waals surface area contributed by atoms with Crippen molar-refractivity contribution in [1.82, 2.24) is 0 Å². The molecule has 1 aromatic carbocycles. The zero-order chi connectivity index (χ0) is 14.6. The van der Waals surface area contributed by atoms with Gasteiger partial charge in [-0.1, -0.05) is 12.1 Å². The highest BCUT2D eigenvalue weighted by Gasteiger charge is 2.39. The van der Waals surface area contributed by atoms with E-state index in [1.807, 2.05) is 25.1 Å². The van der Waals surface area contributed by atoms with E-state index in [4.69, 9.17) is 10.5 Å². The lowest BCUT2D eigenvalue weighted by Crippen LogP contribution is -2.53. The highest BCUT2D eigenvalue weighted by Crippen LogP contribution is 2.30. The van der Waals surface area contributed by atoms with Gasteiger partial charge in [0.25, 0.3) is 0 Å². The minimum atomic E-state index is -0.314. The molecule has 5 heteroatoms. The largest absolute Gasteiger partial charge is 0.396 e. The topological polar surface area (TPSA) is 75.8 Å². The number of benzene rings is 1. The number of amides is 1. The first-order chi connectivity index (χ1) is 9.54. The first kappa shape index (κ1) is 14.8. The molecule has 2 rings (SSSR count). The number of nitrogens with two attached hydrogens (primary N) is 1. The number of hydrogen-bond acceptors (Lipinski definition) is 4. The van der Waals surface area contributed by atoms with Gasteiger partial charge in [0.15, 0.2) is 0 Å². The van der Waals surface area contributed by atoms with Gasteiger partial charge in [0, 0.05) is 25.2 Å². The molecule has 1 amide bonds. The third kappa shape index (κ3) is 3.49. The fourth-order valence-corrected chi connectivity index (χ4v) is 2.40. The molecular weight excluding hydrogens is 256 g/mol. The molecule has 110 valence electrons. The lowest BCUT2D eigenvalue weighted by Gasteiger charge is -2.44. The molecular formula is C15H22N2O3. The Kier molecular flexibility index (Phi) is 4.62. The van der Waals surface area contributed by atoms with Crippen LogP contribution in [0.1, 0.15) is 12.0 Å². The smallest absolute Gasteiger partial charge is 0.219 e. The maximum Gasteiger partial charge on any atom is 0.219 e. The van der Waals surface area contributed by atoms with E-state index in [1.165, 1.54) is 0 Å². The molecule has 1 aliphatic heterocycles. The summed E-state index contributed by atoms with van der Waals surface area (Å²) in [6.07, 6.45) is 0.302. The van der Waals surface area contributed by atoms with Crippen molar-refractivity contribution in [2.75, 3.05) is 37.8 Å². The van der Waals surface area contributed by atoms with E-state index in [1.54, 1.807) is 0 Å². The number of aliphatic hydroxyl groups is 1. The van der Waals surface area contributed by atoms with Gasteiger partial charge < -0.3 is 20.5 Å². The van der Waals surface area contributed by atoms with E-state index in [9.17, 15) is 9.90 Å². The van der Waals surface area contributed by atoms with Gasteiger partial charge >= 0.3 is 0 Å². The summed E-state index contributed by atoms with van der Waals surface area (Å²) >= 11 is 0. The van der Waals surface area contributed by atoms with Crippen LogP contribution in [0.3, 0.4) is 0 Å². The summed E-state index contributed by atoms with van der Waals surface area (Å²) in [6, 6.07) is 8.11. The number of anilines is 1. The number of primary amides is 1. The molecule has 1 fully saturated rings. The van der Waals surface area contributed by atoms with Crippen LogP contribution in [0.15, 0.2) is 24.3 Å². The summed E-state index contributed by atoms with van der Waals surface area (Å²) < 4.78 is 5.24. The number of aliphatic hydroxyl groups excluding tert-OH is 1. The minimum absolute atomic E-state index is 0.0892. The number of ether oxygens (including phenoxy) is 1. The molecule has 1 saturated heterocycles. The molecule has 1 aromatic rings. The van der Waals surface area contributed by atoms with Crippen LogP contribution in [-0.2, 0) is 9.53 Å². The maximum absolute atomic E-state index is 11.0. The summed E-state index contributed by atoms with van der Waals surface area (Å²) in [4.78, 5) is 13.1. The van der Waals surface area contributed by atoms with Crippen LogP contribution in [0.2, 0.25) is 0 Å². The van der Waals surface area contributed by atoms with Crippen LogP contribution in [0, 0.1) is 12.3 Å². The first-order valence-corrected chi connectivity index (χ1v) is 6.83. The summed E-state index contributed by atoms with van der Waals surface area (Å²) in [7, 11) is 0. The zero-order valence-corrected chi connectivity index (χ0v) is 11.8. The number of nitrogens with zero attached hydrogens (tertiary/aromatic N) is 1. The van der Waals surface area contributed by atoms with Gasteiger partial charge in [-0.3, -0.25) is 4.79 Å². The highest BCUT2D eigenvalue weighted by molar-refractivity contribution is 5.74. The van der Waals surface area contributed by atoms with Crippen molar-refractivity contribution in [3.63, 3.8) is 0 Å². The number of carbonyl (C=O) groups excluding carboxylic acids is 1. The molecule has 0 unspecified atom stereocenters. The van der Waals surface area contributed by atoms with E-state index in [0.29, 0.717) is 32.7 Å². The molecule has 0 aliphatic carbocycles. The van der Waals surface area contributed by atoms with Crippen LogP contribution in [-0.4, -0.2) is 43.9 Å². The van der Waals surface area contributed by atoms with E-state index in [0.717, 1.165) is 11.3 Å². The Morgan fingerprint density at radius 1 is 1.50 bits per heavy atom. The van der Waals surface area contributed by atoms with Crippen molar-refractivity contribution in [3.05, 3.63) is 29.8 Å². The van der Waals surface area contributed by atoms with Gasteiger partial charge in [0.05, 0.1) is 25.2 Å². The predicted octanol–water partition coefficient (Wildman–Crippen LogP) is 0.686. The normalized spacial score (nSPS) is 16.5. The molecule has 1 aliphatic rings. The molecule has 3 N–H and O–H groups in total. The Morgan fingerprint density at radius 3 is 2.75 bits per heavy atom. The lowest BCUT2D eigenvalue weighted by molar-refractivity contribution is -0.131. The molecule has 0 bridgehead atoms. The van der Waals surface area contributed by atoms with Crippen molar-refractivity contribution in [1.29, 1.82) is 0 Å². The third-order valence-corrected chi connectivity index (χ3v) is 3.67. The van der Waals surface area contributed by atoms with Crippen molar-refractivity contribution in [3.8, 4) is 0 Å². The second-order valence-electron chi connectivity index (χ2n) is 5.63. The second kappa shape index (κ2) is 6.24. The van der Waals surface area contributed by atoms with E-state index >= 15 is 0 Å². The van der Waals surface area contributed by atoms with E-state index < -0.39 is 0 Å². The van der Waals surface area contributed by atoms with Gasteiger partial charge in [0.2, 0.25) is 5.91 Å². The Morgan fingerprint density at radius 2 is 2.25 bits per heavy atom. The standard InChI is InChI=1S/C15H22N2O3/c1-12-3-2-4-13(7-12)17(6-5-14(16)19)8-15(9-18)10-20-11-15/h2-4,7,18H,5-6,8-11H2,1H3,(H2,16,19). The zero-order valence-electron chi connectivity index (χ0n) is 11.8. The predicted molar refractivity (Wildman–Crippen MR) is 77.5 cm³/mol. The van der Waals surface area contributed by atoms with Gasteiger partial charge in [-0.2, -0.15) is 0 Å². The van der Waals surface area contributed by atoms with Gasteiger partial charge in [-0.05, 0) is 24.6 Å². The van der Waals surface area contributed by atoms with Crippen LogP contribution >= 0.6 is 0 Å². The van der Waals surface area contributed by atoms with Gasteiger partial charge in [-0.15, -0.1) is 0 Å². The van der Waals surface area contributed by atoms with E-state index in [-0.39, 0.29) is 17.9 Å². The molecule has 0 spiro atoms. The van der Waals surface area contributed by atoms with Crippen LogP contribution in [0.25, 0.3) is 0 Å². The fraction of sp³-hybridized carbons (Fsp3) is 0.533. The maximum atomic E-state index is 11.0. The van der Waals surface area contributed by atoms with Crippen molar-refractivity contribution in [2.24, 2.45) is 11.1 Å². The molecule has 0 aromatic heterocycles. The SMILES string of the molecule is Cc1cccc(N(CCC(N)=O)CC2(CO)COC2)c1. The van der Waals surface area contributed by atoms with Crippen LogP contribution in [0.5, 0.6) is 0 Å². The number of aryl methyl sites for hydroxylation is 1. The average molecular weight is 278 g/mol. The number of rotatable bonds is 7. The monoisotopic (exact) mass is 278 g/mol. The fourth-order valence-electron chi connectivity index (χ4n) is 2.40. The summed E-state index contributed by atoms with van der Waals surface area (Å²) in [5.74, 6) is -0.314. The molecule has 0 atom stereocenters. The lowest BCUT2D eigenvalue weighted by atomic mass is 9.86. The Bertz CT molecular complexity index is 466. The first-order valence-electron chi connectivity index (χ1n) is 6.83. The van der Waals surface area contributed by atoms with Crippen LogP contribution in [0.4, 0.5) is 5.69 Å². The molecule has 5 nitrogen and oxygen atoms in total. The highest BCUT2D eigenvalue weighted by atomic mass is 16.5.